The lowest BCUT2D eigenvalue weighted by molar-refractivity contribution is 0.122. The summed E-state index contributed by atoms with van der Waals surface area (Å²) in [4.78, 5) is 2.66. The predicted octanol–water partition coefficient (Wildman–Crippen LogP) is 3.56. The molecule has 1 aromatic carbocycles. The molecular formula is C18H28N2. The van der Waals surface area contributed by atoms with Crippen molar-refractivity contribution in [2.45, 2.75) is 64.7 Å². The molecule has 0 spiro atoms. The van der Waals surface area contributed by atoms with Gasteiger partial charge in [0.25, 0.3) is 0 Å². The third-order valence-corrected chi connectivity index (χ3v) is 4.93. The van der Waals surface area contributed by atoms with Crippen LogP contribution in [0.4, 0.5) is 0 Å². The molecule has 1 N–H and O–H groups in total. The van der Waals surface area contributed by atoms with Gasteiger partial charge in [-0.15, -0.1) is 0 Å². The first-order chi connectivity index (χ1) is 9.72. The standard InChI is InChI=1S/C18H28N2/c1-14-9-10-20(15(2)11-14)13-17-6-4-3-5-16(17)12-19-18-7-8-18/h3-6,14-15,18-19H,7-13H2,1-2H3. The molecule has 110 valence electrons. The van der Waals surface area contributed by atoms with Gasteiger partial charge in [-0.1, -0.05) is 31.2 Å². The van der Waals surface area contributed by atoms with Crippen molar-refractivity contribution in [1.82, 2.24) is 10.2 Å². The fourth-order valence-electron chi connectivity index (χ4n) is 3.34. The van der Waals surface area contributed by atoms with Crippen LogP contribution in [0.1, 0.15) is 50.7 Å². The highest BCUT2D eigenvalue weighted by molar-refractivity contribution is 5.27. The lowest BCUT2D eigenvalue weighted by Gasteiger charge is -2.37. The quantitative estimate of drug-likeness (QED) is 0.881. The number of likely N-dealkylation sites (tertiary alicyclic amines) is 1. The maximum Gasteiger partial charge on any atom is 0.0239 e. The van der Waals surface area contributed by atoms with Crippen LogP contribution >= 0.6 is 0 Å². The van der Waals surface area contributed by atoms with Gasteiger partial charge >= 0.3 is 0 Å². The van der Waals surface area contributed by atoms with Gasteiger partial charge in [0.1, 0.15) is 0 Å². The average molecular weight is 272 g/mol. The monoisotopic (exact) mass is 272 g/mol. The second kappa shape index (κ2) is 6.28. The molecule has 2 fully saturated rings. The molecule has 1 saturated carbocycles. The largest absolute Gasteiger partial charge is 0.310 e. The molecule has 0 bridgehead atoms. The summed E-state index contributed by atoms with van der Waals surface area (Å²) in [5, 5.41) is 3.65. The average Bonchev–Trinajstić information content (AvgIpc) is 3.25. The smallest absolute Gasteiger partial charge is 0.0239 e. The second-order valence-electron chi connectivity index (χ2n) is 6.87. The molecule has 0 amide bonds. The molecule has 20 heavy (non-hydrogen) atoms. The minimum Gasteiger partial charge on any atom is -0.310 e. The van der Waals surface area contributed by atoms with Crippen LogP contribution in [-0.2, 0) is 13.1 Å². The van der Waals surface area contributed by atoms with E-state index >= 15 is 0 Å². The Morgan fingerprint density at radius 3 is 2.55 bits per heavy atom. The zero-order chi connectivity index (χ0) is 13.9. The summed E-state index contributed by atoms with van der Waals surface area (Å²) in [6, 6.07) is 10.5. The summed E-state index contributed by atoms with van der Waals surface area (Å²) in [6.07, 6.45) is 5.43. The molecule has 1 aromatic rings. The van der Waals surface area contributed by atoms with Crippen molar-refractivity contribution in [3.8, 4) is 0 Å². The zero-order valence-electron chi connectivity index (χ0n) is 12.9. The molecule has 2 unspecified atom stereocenters. The third-order valence-electron chi connectivity index (χ3n) is 4.93. The van der Waals surface area contributed by atoms with Gasteiger partial charge < -0.3 is 5.32 Å². The molecule has 1 aliphatic carbocycles. The van der Waals surface area contributed by atoms with E-state index in [0.29, 0.717) is 0 Å². The first-order valence-corrected chi connectivity index (χ1v) is 8.26. The van der Waals surface area contributed by atoms with Crippen molar-refractivity contribution < 1.29 is 0 Å². The van der Waals surface area contributed by atoms with Gasteiger partial charge in [-0.2, -0.15) is 0 Å². The van der Waals surface area contributed by atoms with Crippen LogP contribution in [0.2, 0.25) is 0 Å². The normalized spacial score (nSPS) is 27.7. The van der Waals surface area contributed by atoms with E-state index in [9.17, 15) is 0 Å². The fraction of sp³-hybridized carbons (Fsp3) is 0.667. The highest BCUT2D eigenvalue weighted by atomic mass is 15.2. The summed E-state index contributed by atoms with van der Waals surface area (Å²) < 4.78 is 0. The maximum atomic E-state index is 3.65. The van der Waals surface area contributed by atoms with Gasteiger partial charge in [0.15, 0.2) is 0 Å². The predicted molar refractivity (Wildman–Crippen MR) is 84.6 cm³/mol. The molecule has 0 aromatic heterocycles. The minimum absolute atomic E-state index is 0.725. The second-order valence-corrected chi connectivity index (χ2v) is 6.87. The Kier molecular flexibility index (Phi) is 4.42. The summed E-state index contributed by atoms with van der Waals surface area (Å²) in [7, 11) is 0. The van der Waals surface area contributed by atoms with E-state index in [0.717, 1.165) is 31.1 Å². The molecule has 1 aliphatic heterocycles. The molecule has 2 nitrogen and oxygen atoms in total. The van der Waals surface area contributed by atoms with E-state index in [-0.39, 0.29) is 0 Å². The number of piperidine rings is 1. The third kappa shape index (κ3) is 3.62. The van der Waals surface area contributed by atoms with E-state index in [2.05, 4.69) is 48.3 Å². The Balaban J connectivity index is 1.63. The van der Waals surface area contributed by atoms with Crippen LogP contribution in [0.15, 0.2) is 24.3 Å². The Hall–Kier alpha value is -0.860. The highest BCUT2D eigenvalue weighted by Gasteiger charge is 2.24. The Morgan fingerprint density at radius 2 is 1.85 bits per heavy atom. The van der Waals surface area contributed by atoms with Crippen molar-refractivity contribution in [2.24, 2.45) is 5.92 Å². The summed E-state index contributed by atoms with van der Waals surface area (Å²) in [5.74, 6) is 0.896. The minimum atomic E-state index is 0.725. The SMILES string of the molecule is CC1CCN(Cc2ccccc2CNC2CC2)C(C)C1. The number of nitrogens with one attached hydrogen (secondary N) is 1. The summed E-state index contributed by atoms with van der Waals surface area (Å²) in [6.45, 7) is 8.20. The first-order valence-electron chi connectivity index (χ1n) is 8.26. The molecule has 3 rings (SSSR count). The number of nitrogens with zero attached hydrogens (tertiary/aromatic N) is 1. The van der Waals surface area contributed by atoms with Gasteiger partial charge in [0, 0.05) is 25.2 Å². The van der Waals surface area contributed by atoms with Crippen LogP contribution in [0.5, 0.6) is 0 Å². The Bertz CT molecular complexity index is 439. The van der Waals surface area contributed by atoms with Crippen molar-refractivity contribution in [2.75, 3.05) is 6.54 Å². The molecule has 2 aliphatic rings. The van der Waals surface area contributed by atoms with E-state index in [1.807, 2.05) is 0 Å². The zero-order valence-corrected chi connectivity index (χ0v) is 12.9. The molecule has 1 saturated heterocycles. The van der Waals surface area contributed by atoms with Crippen molar-refractivity contribution in [3.05, 3.63) is 35.4 Å². The van der Waals surface area contributed by atoms with Gasteiger partial charge in [-0.25, -0.2) is 0 Å². The van der Waals surface area contributed by atoms with E-state index in [1.54, 1.807) is 0 Å². The van der Waals surface area contributed by atoms with Crippen LogP contribution in [-0.4, -0.2) is 23.5 Å². The van der Waals surface area contributed by atoms with Crippen LogP contribution in [0.3, 0.4) is 0 Å². The van der Waals surface area contributed by atoms with Crippen molar-refractivity contribution in [1.29, 1.82) is 0 Å². The molecule has 2 heteroatoms. The lowest BCUT2D eigenvalue weighted by Crippen LogP contribution is -2.39. The lowest BCUT2D eigenvalue weighted by atomic mass is 9.92. The summed E-state index contributed by atoms with van der Waals surface area (Å²) in [5.41, 5.74) is 3.01. The number of benzene rings is 1. The van der Waals surface area contributed by atoms with Gasteiger partial charge in [0.2, 0.25) is 0 Å². The Labute approximate surface area is 123 Å². The van der Waals surface area contributed by atoms with Crippen LogP contribution < -0.4 is 5.32 Å². The van der Waals surface area contributed by atoms with E-state index in [4.69, 9.17) is 0 Å². The number of rotatable bonds is 5. The first kappa shape index (κ1) is 14.1. The topological polar surface area (TPSA) is 15.3 Å². The van der Waals surface area contributed by atoms with E-state index in [1.165, 1.54) is 43.4 Å². The molecular weight excluding hydrogens is 244 g/mol. The summed E-state index contributed by atoms with van der Waals surface area (Å²) >= 11 is 0. The van der Waals surface area contributed by atoms with Gasteiger partial charge in [0.05, 0.1) is 0 Å². The van der Waals surface area contributed by atoms with Gasteiger partial charge in [-0.05, 0) is 56.2 Å². The molecule has 0 radical (unpaired) electrons. The number of hydrogen-bond donors (Lipinski definition) is 1. The number of hydrogen-bond acceptors (Lipinski definition) is 2. The van der Waals surface area contributed by atoms with E-state index < -0.39 is 0 Å². The fourth-order valence-corrected chi connectivity index (χ4v) is 3.34. The molecule has 1 heterocycles. The van der Waals surface area contributed by atoms with Crippen LogP contribution in [0, 0.1) is 5.92 Å². The Morgan fingerprint density at radius 1 is 1.10 bits per heavy atom. The molecule has 2 atom stereocenters. The highest BCUT2D eigenvalue weighted by Crippen LogP contribution is 2.25. The van der Waals surface area contributed by atoms with Gasteiger partial charge in [-0.3, -0.25) is 4.90 Å². The van der Waals surface area contributed by atoms with Crippen LogP contribution in [0.25, 0.3) is 0 Å². The maximum absolute atomic E-state index is 3.65. The van der Waals surface area contributed by atoms with Crippen molar-refractivity contribution >= 4 is 0 Å². The van der Waals surface area contributed by atoms with Crippen molar-refractivity contribution in [3.63, 3.8) is 0 Å².